The Morgan fingerprint density at radius 1 is 0.963 bits per heavy atom. The molecule has 4 N–H and O–H groups in total. The normalized spacial score (nSPS) is 9.85. The number of nitrogens with two attached hydrogens (primary N) is 1. The fourth-order valence-electron chi connectivity index (χ4n) is 2.45. The molecule has 0 aliphatic carbocycles. The Morgan fingerprint density at radius 2 is 1.41 bits per heavy atom. The molecule has 0 bridgehead atoms. The van der Waals surface area contributed by atoms with Gasteiger partial charge in [0.25, 0.3) is 0 Å². The number of urea groups is 1. The lowest BCUT2D eigenvalue weighted by molar-refractivity contribution is -0.136. The summed E-state index contributed by atoms with van der Waals surface area (Å²) in [6, 6.07) is 13.9. The van der Waals surface area contributed by atoms with Gasteiger partial charge in [-0.15, -0.1) is 12.4 Å². The SMILES string of the molecule is CN(C(=O)N(C)c1ccc(C(=N)N)cc1)c1ccc(CCC(=O)O)cc1.Cl. The number of amides is 2. The van der Waals surface area contributed by atoms with Crippen molar-refractivity contribution in [1.29, 1.82) is 5.41 Å². The van der Waals surface area contributed by atoms with Crippen LogP contribution in [0.3, 0.4) is 0 Å². The van der Waals surface area contributed by atoms with Gasteiger partial charge in [-0.3, -0.25) is 20.0 Å². The fourth-order valence-corrected chi connectivity index (χ4v) is 2.45. The number of hydrogen-bond donors (Lipinski definition) is 3. The summed E-state index contributed by atoms with van der Waals surface area (Å²) >= 11 is 0. The summed E-state index contributed by atoms with van der Waals surface area (Å²) in [6.07, 6.45) is 0.531. The van der Waals surface area contributed by atoms with Crippen LogP contribution in [-0.4, -0.2) is 37.0 Å². The van der Waals surface area contributed by atoms with E-state index in [2.05, 4.69) is 0 Å². The van der Waals surface area contributed by atoms with Crippen LogP contribution < -0.4 is 15.5 Å². The van der Waals surface area contributed by atoms with Crippen molar-refractivity contribution in [3.05, 3.63) is 59.7 Å². The van der Waals surface area contributed by atoms with Gasteiger partial charge in [0.05, 0.1) is 0 Å². The predicted molar refractivity (Wildman–Crippen MR) is 109 cm³/mol. The van der Waals surface area contributed by atoms with Gasteiger partial charge in [-0.25, -0.2) is 4.79 Å². The second-order valence-electron chi connectivity index (χ2n) is 5.92. The number of nitrogens with one attached hydrogen (secondary N) is 1. The van der Waals surface area contributed by atoms with E-state index in [1.165, 1.54) is 9.80 Å². The second-order valence-corrected chi connectivity index (χ2v) is 5.92. The van der Waals surface area contributed by atoms with Crippen molar-refractivity contribution < 1.29 is 14.7 Å². The molecule has 0 saturated carbocycles. The first-order valence-corrected chi connectivity index (χ1v) is 8.06. The number of nitrogen functional groups attached to an aromatic ring is 1. The van der Waals surface area contributed by atoms with Crippen molar-refractivity contribution in [2.45, 2.75) is 12.8 Å². The van der Waals surface area contributed by atoms with Gasteiger partial charge in [0, 0.05) is 37.5 Å². The molecule has 27 heavy (non-hydrogen) atoms. The van der Waals surface area contributed by atoms with E-state index in [-0.39, 0.29) is 30.7 Å². The lowest BCUT2D eigenvalue weighted by atomic mass is 10.1. The van der Waals surface area contributed by atoms with E-state index in [4.69, 9.17) is 16.2 Å². The lowest BCUT2D eigenvalue weighted by Crippen LogP contribution is -2.38. The Morgan fingerprint density at radius 3 is 1.81 bits per heavy atom. The van der Waals surface area contributed by atoms with Gasteiger partial charge < -0.3 is 10.8 Å². The summed E-state index contributed by atoms with van der Waals surface area (Å²) in [5.41, 5.74) is 8.34. The summed E-state index contributed by atoms with van der Waals surface area (Å²) in [7, 11) is 3.35. The molecule has 2 aromatic carbocycles. The van der Waals surface area contributed by atoms with Crippen molar-refractivity contribution in [2.75, 3.05) is 23.9 Å². The molecule has 2 rings (SSSR count). The summed E-state index contributed by atoms with van der Waals surface area (Å²) in [5, 5.41) is 16.1. The van der Waals surface area contributed by atoms with Gasteiger partial charge >= 0.3 is 12.0 Å². The molecule has 0 saturated heterocycles. The third-order valence-electron chi connectivity index (χ3n) is 4.09. The van der Waals surface area contributed by atoms with Crippen molar-refractivity contribution in [1.82, 2.24) is 0 Å². The zero-order valence-corrected chi connectivity index (χ0v) is 16.0. The summed E-state index contributed by atoms with van der Waals surface area (Å²) in [6.45, 7) is 0. The van der Waals surface area contributed by atoms with Crippen LogP contribution in [0.25, 0.3) is 0 Å². The first-order chi connectivity index (χ1) is 12.3. The van der Waals surface area contributed by atoms with Gasteiger partial charge in [0.15, 0.2) is 0 Å². The molecule has 0 atom stereocenters. The van der Waals surface area contributed by atoms with E-state index < -0.39 is 5.97 Å². The van der Waals surface area contributed by atoms with Gasteiger partial charge in [-0.2, -0.15) is 0 Å². The standard InChI is InChI=1S/C19H22N4O3.ClH/c1-22(15-8-3-13(4-9-15)5-12-17(24)25)19(26)23(2)16-10-6-14(7-11-16)18(20)21;/h3-4,6-11H,5,12H2,1-2H3,(H3,20,21)(H,24,25);1H. The van der Waals surface area contributed by atoms with Crippen molar-refractivity contribution >= 4 is 41.6 Å². The predicted octanol–water partition coefficient (Wildman–Crippen LogP) is 3.10. The number of halogens is 1. The molecule has 2 aromatic rings. The largest absolute Gasteiger partial charge is 0.481 e. The first-order valence-electron chi connectivity index (χ1n) is 8.06. The Labute approximate surface area is 164 Å². The molecular formula is C19H23ClN4O3. The zero-order valence-electron chi connectivity index (χ0n) is 15.2. The highest BCUT2D eigenvalue weighted by atomic mass is 35.5. The van der Waals surface area contributed by atoms with E-state index >= 15 is 0 Å². The molecule has 0 unspecified atom stereocenters. The monoisotopic (exact) mass is 390 g/mol. The minimum absolute atomic E-state index is 0. The minimum Gasteiger partial charge on any atom is -0.481 e. The Bertz CT molecular complexity index is 807. The number of hydrogen-bond acceptors (Lipinski definition) is 3. The van der Waals surface area contributed by atoms with E-state index in [9.17, 15) is 9.59 Å². The topological polar surface area (TPSA) is 111 Å². The molecule has 144 valence electrons. The molecule has 8 heteroatoms. The number of amidine groups is 1. The highest BCUT2D eigenvalue weighted by Crippen LogP contribution is 2.20. The number of carbonyl (C=O) groups excluding carboxylic acids is 1. The van der Waals surface area contributed by atoms with Crippen LogP contribution in [0.15, 0.2) is 48.5 Å². The summed E-state index contributed by atoms with van der Waals surface area (Å²) in [5.74, 6) is -0.857. The lowest BCUT2D eigenvalue weighted by Gasteiger charge is -2.25. The highest BCUT2D eigenvalue weighted by molar-refractivity contribution is 6.03. The maximum atomic E-state index is 12.7. The van der Waals surface area contributed by atoms with Crippen LogP contribution >= 0.6 is 12.4 Å². The number of carbonyl (C=O) groups is 2. The van der Waals surface area contributed by atoms with Gasteiger partial charge in [0.1, 0.15) is 5.84 Å². The van der Waals surface area contributed by atoms with Crippen molar-refractivity contribution in [2.24, 2.45) is 5.73 Å². The Balaban J connectivity index is 0.00000364. The third kappa shape index (κ3) is 5.72. The minimum atomic E-state index is -0.834. The van der Waals surface area contributed by atoms with Crippen LogP contribution in [0, 0.1) is 5.41 Å². The van der Waals surface area contributed by atoms with E-state index in [0.29, 0.717) is 23.4 Å². The van der Waals surface area contributed by atoms with Crippen LogP contribution in [0.2, 0.25) is 0 Å². The molecule has 0 aromatic heterocycles. The number of carboxylic acid groups (broad SMARTS) is 1. The molecule has 7 nitrogen and oxygen atoms in total. The second kappa shape index (κ2) is 9.59. The summed E-state index contributed by atoms with van der Waals surface area (Å²) < 4.78 is 0. The summed E-state index contributed by atoms with van der Waals surface area (Å²) in [4.78, 5) is 26.3. The van der Waals surface area contributed by atoms with Crippen molar-refractivity contribution in [3.63, 3.8) is 0 Å². The van der Waals surface area contributed by atoms with Crippen LogP contribution in [0.5, 0.6) is 0 Å². The molecule has 2 amide bonds. The fraction of sp³-hybridized carbons (Fsp3) is 0.211. The van der Waals surface area contributed by atoms with E-state index in [1.54, 1.807) is 50.5 Å². The Hall–Kier alpha value is -3.06. The zero-order chi connectivity index (χ0) is 19.3. The number of rotatable bonds is 6. The molecule has 0 spiro atoms. The quantitative estimate of drug-likeness (QED) is 0.519. The Kier molecular flexibility index (Phi) is 7.80. The molecule has 0 heterocycles. The average molecular weight is 391 g/mol. The maximum absolute atomic E-state index is 12.7. The molecule has 0 radical (unpaired) electrons. The first kappa shape index (κ1) is 22.0. The molecular weight excluding hydrogens is 368 g/mol. The number of anilines is 2. The number of aryl methyl sites for hydroxylation is 1. The smallest absolute Gasteiger partial charge is 0.328 e. The van der Waals surface area contributed by atoms with E-state index in [1.807, 2.05) is 12.1 Å². The van der Waals surface area contributed by atoms with Crippen LogP contribution in [-0.2, 0) is 11.2 Å². The van der Waals surface area contributed by atoms with Gasteiger partial charge in [0.2, 0.25) is 0 Å². The highest BCUT2D eigenvalue weighted by Gasteiger charge is 2.17. The van der Waals surface area contributed by atoms with E-state index in [0.717, 1.165) is 5.56 Å². The molecule has 0 aliphatic heterocycles. The molecule has 0 fully saturated rings. The number of carboxylic acids is 1. The van der Waals surface area contributed by atoms with Gasteiger partial charge in [-0.1, -0.05) is 12.1 Å². The maximum Gasteiger partial charge on any atom is 0.328 e. The number of nitrogens with zero attached hydrogens (tertiary/aromatic N) is 2. The van der Waals surface area contributed by atoms with Crippen molar-refractivity contribution in [3.8, 4) is 0 Å². The molecule has 0 aliphatic rings. The van der Waals surface area contributed by atoms with Gasteiger partial charge in [-0.05, 0) is 48.4 Å². The number of aliphatic carboxylic acids is 1. The third-order valence-corrected chi connectivity index (χ3v) is 4.09. The van der Waals surface area contributed by atoms with Crippen LogP contribution in [0.1, 0.15) is 17.5 Å². The average Bonchev–Trinajstić information content (AvgIpc) is 2.65. The van der Waals surface area contributed by atoms with Crippen LogP contribution in [0.4, 0.5) is 16.2 Å². The number of benzene rings is 2.